The van der Waals surface area contributed by atoms with Crippen LogP contribution in [0.2, 0.25) is 0 Å². The van der Waals surface area contributed by atoms with Crippen LogP contribution in [0.3, 0.4) is 0 Å². The van der Waals surface area contributed by atoms with Crippen LogP contribution in [0.15, 0.2) is 96.0 Å². The molecule has 200 valence electrons. The number of nitrogens with one attached hydrogen (secondary N) is 1. The number of allylic oxidation sites excluding steroid dienone is 2. The Bertz CT molecular complexity index is 1510. The molecule has 3 aliphatic rings. The van der Waals surface area contributed by atoms with Crippen molar-refractivity contribution in [3.05, 3.63) is 96.6 Å². The molecule has 1 aliphatic carbocycles. The Morgan fingerprint density at radius 2 is 1.69 bits per heavy atom. The number of nitrogens with zero attached hydrogens (tertiary/aromatic N) is 3. The largest absolute Gasteiger partial charge is 0.331 e. The Hall–Kier alpha value is -3.90. The van der Waals surface area contributed by atoms with Crippen molar-refractivity contribution in [2.45, 2.75) is 50.7 Å². The highest BCUT2D eigenvalue weighted by Crippen LogP contribution is 2.45. The summed E-state index contributed by atoms with van der Waals surface area (Å²) in [7, 11) is 0. The van der Waals surface area contributed by atoms with Crippen LogP contribution in [0.5, 0.6) is 0 Å². The first-order valence-electron chi connectivity index (χ1n) is 13.3. The number of benzene rings is 3. The highest BCUT2D eigenvalue weighted by Gasteiger charge is 2.50. The van der Waals surface area contributed by atoms with Gasteiger partial charge in [0, 0.05) is 24.8 Å². The number of fused-ring (bicyclic) bond motifs is 3. The normalized spacial score (nSPS) is 21.7. The zero-order valence-corrected chi connectivity index (χ0v) is 23.1. The van der Waals surface area contributed by atoms with E-state index in [0.717, 1.165) is 29.4 Å². The van der Waals surface area contributed by atoms with Gasteiger partial charge in [-0.15, -0.1) is 12.4 Å². The average molecular weight is 541 g/mol. The lowest BCUT2D eigenvalue weighted by atomic mass is 9.92. The molecule has 2 aliphatic heterocycles. The van der Waals surface area contributed by atoms with Crippen molar-refractivity contribution in [2.24, 2.45) is 4.99 Å². The van der Waals surface area contributed by atoms with Gasteiger partial charge in [-0.3, -0.25) is 19.5 Å². The van der Waals surface area contributed by atoms with E-state index in [9.17, 15) is 9.59 Å². The van der Waals surface area contributed by atoms with Crippen LogP contribution in [-0.2, 0) is 16.0 Å². The minimum absolute atomic E-state index is 0. The highest BCUT2D eigenvalue weighted by atomic mass is 35.5. The number of hydrogen-bond donors (Lipinski definition) is 1. The minimum atomic E-state index is -0.821. The predicted molar refractivity (Wildman–Crippen MR) is 161 cm³/mol. The second kappa shape index (κ2) is 10.3. The Morgan fingerprint density at radius 3 is 2.46 bits per heavy atom. The third-order valence-electron chi connectivity index (χ3n) is 7.63. The molecule has 39 heavy (non-hydrogen) atoms. The van der Waals surface area contributed by atoms with Crippen molar-refractivity contribution in [3.8, 4) is 0 Å². The number of amidine groups is 1. The van der Waals surface area contributed by atoms with Gasteiger partial charge in [0.1, 0.15) is 17.9 Å². The summed E-state index contributed by atoms with van der Waals surface area (Å²) in [4.78, 5) is 36.3. The SMILES string of the molecule is CC1(C)CN(C2(N3C(=O)CC(=O)Nc4c3ccc3ccccc43)C=CC=CC2)C(CCc2ccccc2)=N1.Cl. The van der Waals surface area contributed by atoms with Gasteiger partial charge in [0.05, 0.1) is 16.9 Å². The van der Waals surface area contributed by atoms with Gasteiger partial charge in [-0.1, -0.05) is 78.9 Å². The van der Waals surface area contributed by atoms with E-state index in [0.29, 0.717) is 24.3 Å². The quantitative estimate of drug-likeness (QED) is 0.388. The van der Waals surface area contributed by atoms with Crippen LogP contribution < -0.4 is 10.2 Å². The summed E-state index contributed by atoms with van der Waals surface area (Å²) in [5.74, 6) is 0.473. The molecule has 0 bridgehead atoms. The van der Waals surface area contributed by atoms with Gasteiger partial charge in [0.15, 0.2) is 0 Å². The number of amides is 2. The fraction of sp³-hybridized carbons (Fsp3) is 0.281. The number of aryl methyl sites for hydroxylation is 1. The van der Waals surface area contributed by atoms with E-state index in [1.54, 1.807) is 0 Å². The number of aliphatic imine (C=N–C) groups is 1. The Kier molecular flexibility index (Phi) is 7.08. The number of halogens is 1. The Balaban J connectivity index is 0.00000308. The summed E-state index contributed by atoms with van der Waals surface area (Å²) in [5.41, 5.74) is 1.53. The van der Waals surface area contributed by atoms with Crippen LogP contribution in [-0.4, -0.2) is 40.3 Å². The first kappa shape index (κ1) is 26.7. The fourth-order valence-corrected chi connectivity index (χ4v) is 6.00. The summed E-state index contributed by atoms with van der Waals surface area (Å²) in [5, 5.41) is 4.99. The van der Waals surface area contributed by atoms with Gasteiger partial charge < -0.3 is 10.2 Å². The maximum absolute atomic E-state index is 14.0. The number of carbonyl (C=O) groups excluding carboxylic acids is 2. The molecule has 0 radical (unpaired) electrons. The third kappa shape index (κ3) is 4.85. The smallest absolute Gasteiger partial charge is 0.238 e. The van der Waals surface area contributed by atoms with Gasteiger partial charge >= 0.3 is 0 Å². The van der Waals surface area contributed by atoms with Gasteiger partial charge in [0.25, 0.3) is 0 Å². The molecule has 0 saturated heterocycles. The van der Waals surface area contributed by atoms with E-state index >= 15 is 0 Å². The molecule has 0 fully saturated rings. The maximum Gasteiger partial charge on any atom is 0.238 e. The summed E-state index contributed by atoms with van der Waals surface area (Å²) >= 11 is 0. The summed E-state index contributed by atoms with van der Waals surface area (Å²) in [6.45, 7) is 4.95. The van der Waals surface area contributed by atoms with Crippen molar-refractivity contribution in [1.29, 1.82) is 0 Å². The first-order chi connectivity index (χ1) is 18.4. The lowest BCUT2D eigenvalue weighted by Crippen LogP contribution is -2.63. The summed E-state index contributed by atoms with van der Waals surface area (Å²) in [6.07, 6.45) is 10.2. The lowest BCUT2D eigenvalue weighted by Gasteiger charge is -2.50. The molecule has 7 heteroatoms. The second-order valence-corrected chi connectivity index (χ2v) is 10.9. The van der Waals surface area contributed by atoms with Crippen LogP contribution in [0.4, 0.5) is 11.4 Å². The van der Waals surface area contributed by atoms with E-state index < -0.39 is 5.66 Å². The second-order valence-electron chi connectivity index (χ2n) is 10.9. The molecule has 1 unspecified atom stereocenters. The zero-order valence-electron chi connectivity index (χ0n) is 22.3. The molecule has 1 atom stereocenters. The number of rotatable bonds is 5. The third-order valence-corrected chi connectivity index (χ3v) is 7.63. The number of anilines is 2. The average Bonchev–Trinajstić information content (AvgIpc) is 3.17. The monoisotopic (exact) mass is 540 g/mol. The molecule has 6 nitrogen and oxygen atoms in total. The van der Waals surface area contributed by atoms with E-state index in [2.05, 4.69) is 60.5 Å². The molecular weight excluding hydrogens is 508 g/mol. The molecule has 3 aromatic carbocycles. The van der Waals surface area contributed by atoms with Crippen molar-refractivity contribution >= 4 is 52.2 Å². The Morgan fingerprint density at radius 1 is 0.923 bits per heavy atom. The molecule has 6 rings (SSSR count). The zero-order chi connectivity index (χ0) is 26.3. The predicted octanol–water partition coefficient (Wildman–Crippen LogP) is 6.27. The topological polar surface area (TPSA) is 65.0 Å². The summed E-state index contributed by atoms with van der Waals surface area (Å²) in [6, 6.07) is 22.4. The molecule has 1 N–H and O–H groups in total. The first-order valence-corrected chi connectivity index (χ1v) is 13.3. The highest BCUT2D eigenvalue weighted by molar-refractivity contribution is 6.19. The molecule has 2 heterocycles. The minimum Gasteiger partial charge on any atom is -0.331 e. The molecule has 0 spiro atoms. The van der Waals surface area contributed by atoms with Crippen molar-refractivity contribution in [3.63, 3.8) is 0 Å². The standard InChI is InChI=1S/C32H32N4O2.ClH/c1-31(2)22-35(27(34-31)18-15-23-11-5-3-6-12-23)32(19-9-4-10-20-32)36-26-17-16-24-13-7-8-14-25(24)30(26)33-28(37)21-29(36)38;/h3-14,16-17,19H,15,18,20-22H2,1-2H3,(H,33,37);1H. The molecule has 0 aromatic heterocycles. The van der Waals surface area contributed by atoms with Crippen LogP contribution in [0.25, 0.3) is 10.8 Å². The summed E-state index contributed by atoms with van der Waals surface area (Å²) < 4.78 is 0. The van der Waals surface area contributed by atoms with Crippen molar-refractivity contribution in [1.82, 2.24) is 4.90 Å². The van der Waals surface area contributed by atoms with Crippen LogP contribution in [0.1, 0.15) is 38.7 Å². The van der Waals surface area contributed by atoms with Gasteiger partial charge in [0.2, 0.25) is 11.8 Å². The van der Waals surface area contributed by atoms with E-state index in [1.165, 1.54) is 5.56 Å². The van der Waals surface area contributed by atoms with Gasteiger partial charge in [-0.05, 0) is 43.4 Å². The van der Waals surface area contributed by atoms with Gasteiger partial charge in [-0.25, -0.2) is 0 Å². The fourth-order valence-electron chi connectivity index (χ4n) is 6.00. The van der Waals surface area contributed by atoms with E-state index in [-0.39, 0.29) is 36.2 Å². The van der Waals surface area contributed by atoms with E-state index in [1.807, 2.05) is 59.5 Å². The van der Waals surface area contributed by atoms with Crippen molar-refractivity contribution in [2.75, 3.05) is 16.8 Å². The van der Waals surface area contributed by atoms with E-state index in [4.69, 9.17) is 4.99 Å². The van der Waals surface area contributed by atoms with Gasteiger partial charge in [-0.2, -0.15) is 0 Å². The number of carbonyl (C=O) groups is 2. The van der Waals surface area contributed by atoms with Crippen LogP contribution >= 0.6 is 12.4 Å². The van der Waals surface area contributed by atoms with Crippen molar-refractivity contribution < 1.29 is 9.59 Å². The lowest BCUT2D eigenvalue weighted by molar-refractivity contribution is -0.126. The molecule has 0 saturated carbocycles. The molecule has 2 amide bonds. The Labute approximate surface area is 235 Å². The van der Waals surface area contributed by atoms with Crippen LogP contribution in [0, 0.1) is 0 Å². The number of hydrogen-bond acceptors (Lipinski definition) is 4. The maximum atomic E-state index is 14.0. The molecule has 3 aromatic rings. The molecular formula is C32H33ClN4O2.